The number of piperidine rings is 1. The van der Waals surface area contributed by atoms with Crippen molar-refractivity contribution < 1.29 is 4.74 Å². The Bertz CT molecular complexity index is 455. The van der Waals surface area contributed by atoms with Crippen molar-refractivity contribution in [3.63, 3.8) is 0 Å². The smallest absolute Gasteiger partial charge is 0.193 e. The van der Waals surface area contributed by atoms with Gasteiger partial charge in [0.25, 0.3) is 0 Å². The number of guanidine groups is 1. The lowest BCUT2D eigenvalue weighted by Crippen LogP contribution is -2.46. The largest absolute Gasteiger partial charge is 0.379 e. The quantitative estimate of drug-likeness (QED) is 0.432. The molecule has 3 unspecified atom stereocenters. The Morgan fingerprint density at radius 1 is 1.04 bits per heavy atom. The second kappa shape index (κ2) is 10.6. The topological polar surface area (TPSA) is 43.3 Å². The summed E-state index contributed by atoms with van der Waals surface area (Å²) in [5.41, 5.74) is 0. The predicted octanol–water partition coefficient (Wildman–Crippen LogP) is 1.73. The first-order chi connectivity index (χ1) is 13.2. The van der Waals surface area contributed by atoms with Crippen LogP contribution in [0.15, 0.2) is 4.99 Å². The summed E-state index contributed by atoms with van der Waals surface area (Å²) >= 11 is 0. The second-order valence-corrected chi connectivity index (χ2v) is 8.92. The Hall–Kier alpha value is -0.850. The van der Waals surface area contributed by atoms with Gasteiger partial charge in [0.05, 0.1) is 13.2 Å². The number of likely N-dealkylation sites (tertiary alicyclic amines) is 2. The minimum atomic E-state index is 0.663. The summed E-state index contributed by atoms with van der Waals surface area (Å²) in [5.74, 6) is 2.81. The first-order valence-electron chi connectivity index (χ1n) is 11.2. The van der Waals surface area contributed by atoms with Crippen LogP contribution in [0.1, 0.15) is 39.5 Å². The maximum absolute atomic E-state index is 5.49. The van der Waals surface area contributed by atoms with Gasteiger partial charge in [-0.2, -0.15) is 0 Å². The van der Waals surface area contributed by atoms with Gasteiger partial charge < -0.3 is 19.9 Å². The molecule has 0 aromatic rings. The number of rotatable bonds is 6. The molecule has 0 saturated carbocycles. The van der Waals surface area contributed by atoms with Gasteiger partial charge in [-0.1, -0.05) is 13.8 Å². The molecule has 3 saturated heterocycles. The van der Waals surface area contributed by atoms with E-state index in [2.05, 4.69) is 38.9 Å². The van der Waals surface area contributed by atoms with Gasteiger partial charge in [-0.3, -0.25) is 9.89 Å². The molecule has 3 heterocycles. The lowest BCUT2D eigenvalue weighted by Gasteiger charge is -2.35. The molecule has 3 fully saturated rings. The maximum Gasteiger partial charge on any atom is 0.193 e. The van der Waals surface area contributed by atoms with Crippen LogP contribution in [0.3, 0.4) is 0 Å². The highest BCUT2D eigenvalue weighted by atomic mass is 16.5. The average molecular weight is 380 g/mol. The number of hydrogen-bond acceptors (Lipinski definition) is 4. The molecule has 3 aliphatic heterocycles. The number of unbranched alkanes of at least 4 members (excludes halogenated alkanes) is 1. The molecule has 0 amide bonds. The fourth-order valence-corrected chi connectivity index (χ4v) is 5.14. The maximum atomic E-state index is 5.49. The number of hydrogen-bond donors (Lipinski definition) is 1. The summed E-state index contributed by atoms with van der Waals surface area (Å²) in [4.78, 5) is 12.2. The van der Waals surface area contributed by atoms with E-state index in [1.54, 1.807) is 0 Å². The van der Waals surface area contributed by atoms with Gasteiger partial charge in [-0.05, 0) is 44.1 Å². The Morgan fingerprint density at radius 2 is 1.78 bits per heavy atom. The monoisotopic (exact) mass is 379 g/mol. The van der Waals surface area contributed by atoms with E-state index in [1.165, 1.54) is 45.3 Å². The van der Waals surface area contributed by atoms with E-state index >= 15 is 0 Å². The summed E-state index contributed by atoms with van der Waals surface area (Å²) in [6, 6.07) is 0.663. The Morgan fingerprint density at radius 3 is 2.48 bits per heavy atom. The highest BCUT2D eigenvalue weighted by Gasteiger charge is 2.30. The third kappa shape index (κ3) is 6.33. The van der Waals surface area contributed by atoms with Crippen molar-refractivity contribution in [3.05, 3.63) is 0 Å². The van der Waals surface area contributed by atoms with Gasteiger partial charge >= 0.3 is 0 Å². The second-order valence-electron chi connectivity index (χ2n) is 8.92. The number of nitrogens with zero attached hydrogens (tertiary/aromatic N) is 4. The zero-order chi connectivity index (χ0) is 19.1. The van der Waals surface area contributed by atoms with Crippen molar-refractivity contribution in [2.24, 2.45) is 16.8 Å². The summed E-state index contributed by atoms with van der Waals surface area (Å²) in [6.07, 6.45) is 5.14. The first-order valence-corrected chi connectivity index (χ1v) is 11.2. The molecule has 1 N–H and O–H groups in total. The van der Waals surface area contributed by atoms with Crippen molar-refractivity contribution >= 4 is 5.96 Å². The van der Waals surface area contributed by atoms with Crippen LogP contribution in [0.2, 0.25) is 0 Å². The molecule has 6 heteroatoms. The molecule has 0 bridgehead atoms. The van der Waals surface area contributed by atoms with E-state index in [1.807, 2.05) is 7.05 Å². The highest BCUT2D eigenvalue weighted by molar-refractivity contribution is 5.80. The lowest BCUT2D eigenvalue weighted by molar-refractivity contribution is 0.0195. The number of morpholine rings is 1. The van der Waals surface area contributed by atoms with Gasteiger partial charge in [0.15, 0.2) is 5.96 Å². The summed E-state index contributed by atoms with van der Waals surface area (Å²) in [7, 11) is 1.92. The van der Waals surface area contributed by atoms with Crippen LogP contribution in [-0.2, 0) is 4.74 Å². The summed E-state index contributed by atoms with van der Waals surface area (Å²) < 4.78 is 5.49. The van der Waals surface area contributed by atoms with E-state index in [9.17, 15) is 0 Å². The zero-order valence-corrected chi connectivity index (χ0v) is 17.8. The lowest BCUT2D eigenvalue weighted by atomic mass is 9.92. The summed E-state index contributed by atoms with van der Waals surface area (Å²) in [6.45, 7) is 15.8. The summed E-state index contributed by atoms with van der Waals surface area (Å²) in [5, 5.41) is 3.60. The van der Waals surface area contributed by atoms with E-state index in [-0.39, 0.29) is 0 Å². The van der Waals surface area contributed by atoms with Crippen LogP contribution >= 0.6 is 0 Å². The third-order valence-electron chi connectivity index (χ3n) is 6.37. The molecule has 27 heavy (non-hydrogen) atoms. The van der Waals surface area contributed by atoms with Crippen LogP contribution in [0, 0.1) is 11.8 Å². The number of aliphatic imine (C=N–C) groups is 1. The minimum absolute atomic E-state index is 0.663. The molecule has 3 rings (SSSR count). The molecule has 6 nitrogen and oxygen atoms in total. The standard InChI is InChI=1S/C21H41N5O/c1-18-14-19(2)16-24(15-18)8-5-4-7-23-21(22-3)26-9-6-20(17-26)25-10-12-27-13-11-25/h18-20H,4-17H2,1-3H3,(H,22,23). The molecule has 0 spiro atoms. The zero-order valence-electron chi connectivity index (χ0n) is 17.8. The fourth-order valence-electron chi connectivity index (χ4n) is 5.14. The van der Waals surface area contributed by atoms with Crippen molar-refractivity contribution in [1.82, 2.24) is 20.0 Å². The van der Waals surface area contributed by atoms with Crippen molar-refractivity contribution in [2.75, 3.05) is 72.6 Å². The van der Waals surface area contributed by atoms with Gasteiger partial charge in [0.1, 0.15) is 0 Å². The fraction of sp³-hybridized carbons (Fsp3) is 0.952. The van der Waals surface area contributed by atoms with Crippen molar-refractivity contribution in [3.8, 4) is 0 Å². The van der Waals surface area contributed by atoms with Gasteiger partial charge in [0, 0.05) is 58.9 Å². The van der Waals surface area contributed by atoms with Crippen LogP contribution < -0.4 is 5.32 Å². The molecule has 0 aliphatic carbocycles. The Balaban J connectivity index is 1.31. The van der Waals surface area contributed by atoms with Crippen LogP contribution in [0.5, 0.6) is 0 Å². The van der Waals surface area contributed by atoms with E-state index in [0.717, 1.165) is 63.7 Å². The molecule has 0 aromatic heterocycles. The molecule has 3 atom stereocenters. The van der Waals surface area contributed by atoms with Gasteiger partial charge in [0.2, 0.25) is 0 Å². The average Bonchev–Trinajstić information content (AvgIpc) is 3.14. The van der Waals surface area contributed by atoms with E-state index in [0.29, 0.717) is 6.04 Å². The first kappa shape index (κ1) is 20.9. The van der Waals surface area contributed by atoms with Crippen LogP contribution in [-0.4, -0.2) is 99.3 Å². The molecule has 156 valence electrons. The van der Waals surface area contributed by atoms with E-state index < -0.39 is 0 Å². The highest BCUT2D eigenvalue weighted by Crippen LogP contribution is 2.21. The van der Waals surface area contributed by atoms with Crippen molar-refractivity contribution in [2.45, 2.75) is 45.6 Å². The van der Waals surface area contributed by atoms with E-state index in [4.69, 9.17) is 4.74 Å². The number of nitrogens with one attached hydrogen (secondary N) is 1. The molecular formula is C21H41N5O. The van der Waals surface area contributed by atoms with Gasteiger partial charge in [-0.25, -0.2) is 0 Å². The Labute approximate surface area is 166 Å². The predicted molar refractivity (Wildman–Crippen MR) is 112 cm³/mol. The molecule has 3 aliphatic rings. The SMILES string of the molecule is CN=C(NCCCCN1CC(C)CC(C)C1)N1CCC(N2CCOCC2)C1. The van der Waals surface area contributed by atoms with Crippen molar-refractivity contribution in [1.29, 1.82) is 0 Å². The third-order valence-corrected chi connectivity index (χ3v) is 6.37. The van der Waals surface area contributed by atoms with Gasteiger partial charge in [-0.15, -0.1) is 0 Å². The van der Waals surface area contributed by atoms with Crippen LogP contribution in [0.4, 0.5) is 0 Å². The molecule has 0 aromatic carbocycles. The molecular weight excluding hydrogens is 338 g/mol. The normalized spacial score (nSPS) is 31.4. The number of ether oxygens (including phenoxy) is 1. The Kier molecular flexibility index (Phi) is 8.22. The van der Waals surface area contributed by atoms with Crippen LogP contribution in [0.25, 0.3) is 0 Å². The molecule has 0 radical (unpaired) electrons. The minimum Gasteiger partial charge on any atom is -0.379 e.